The first-order valence-corrected chi connectivity index (χ1v) is 7.40. The average molecular weight is 310 g/mol. The molecule has 0 heterocycles. The Morgan fingerprint density at radius 3 is 2.30 bits per heavy atom. The molecule has 4 nitrogen and oxygen atoms in total. The van der Waals surface area contributed by atoms with Crippen LogP contribution in [0.15, 0.2) is 23.1 Å². The van der Waals surface area contributed by atoms with E-state index in [-0.39, 0.29) is 15.7 Å². The summed E-state index contributed by atoms with van der Waals surface area (Å²) >= 11 is 0. The van der Waals surface area contributed by atoms with Gasteiger partial charge in [-0.05, 0) is 29.7 Å². The average Bonchev–Trinajstić information content (AvgIpc) is 2.35. The normalized spacial score (nSPS) is 12.9. The largest absolute Gasteiger partial charge is 0.402 e. The van der Waals surface area contributed by atoms with Crippen LogP contribution < -0.4 is 5.73 Å². The van der Waals surface area contributed by atoms with Crippen molar-refractivity contribution in [2.45, 2.75) is 31.0 Å². The van der Waals surface area contributed by atoms with E-state index in [2.05, 4.69) is 0 Å². The quantitative estimate of drug-likeness (QED) is 0.903. The molecule has 0 unspecified atom stereocenters. The van der Waals surface area contributed by atoms with Crippen molar-refractivity contribution in [2.75, 3.05) is 13.6 Å². The van der Waals surface area contributed by atoms with E-state index < -0.39 is 22.7 Å². The van der Waals surface area contributed by atoms with E-state index in [9.17, 15) is 21.6 Å². The summed E-state index contributed by atoms with van der Waals surface area (Å²) in [5.74, 6) is 0. The number of hydrogen-bond donors (Lipinski definition) is 1. The Bertz CT molecular complexity index is 571. The Morgan fingerprint density at radius 1 is 1.25 bits per heavy atom. The topological polar surface area (TPSA) is 63.4 Å². The minimum Gasteiger partial charge on any atom is -0.326 e. The van der Waals surface area contributed by atoms with Crippen molar-refractivity contribution >= 4 is 10.0 Å². The number of nitrogens with two attached hydrogens (primary N) is 1. The van der Waals surface area contributed by atoms with Gasteiger partial charge < -0.3 is 5.73 Å². The van der Waals surface area contributed by atoms with Gasteiger partial charge in [0, 0.05) is 13.6 Å². The predicted molar refractivity (Wildman–Crippen MR) is 69.6 cm³/mol. The van der Waals surface area contributed by atoms with E-state index in [0.29, 0.717) is 12.0 Å². The van der Waals surface area contributed by atoms with E-state index in [1.165, 1.54) is 12.1 Å². The summed E-state index contributed by atoms with van der Waals surface area (Å²) in [6, 6.07) is 4.22. The number of halogens is 3. The van der Waals surface area contributed by atoms with Crippen molar-refractivity contribution in [3.8, 4) is 0 Å². The molecule has 0 saturated carbocycles. The van der Waals surface area contributed by atoms with Gasteiger partial charge in [-0.25, -0.2) is 8.42 Å². The molecule has 20 heavy (non-hydrogen) atoms. The van der Waals surface area contributed by atoms with Gasteiger partial charge in [-0.15, -0.1) is 0 Å². The van der Waals surface area contributed by atoms with E-state index in [1.54, 1.807) is 6.07 Å². The first kappa shape index (κ1) is 16.9. The van der Waals surface area contributed by atoms with Crippen molar-refractivity contribution in [1.82, 2.24) is 4.31 Å². The fourth-order valence-corrected chi connectivity index (χ4v) is 3.02. The third kappa shape index (κ3) is 3.94. The Labute approximate surface area is 116 Å². The lowest BCUT2D eigenvalue weighted by Gasteiger charge is -2.19. The highest BCUT2D eigenvalue weighted by atomic mass is 32.2. The third-order valence-electron chi connectivity index (χ3n) is 2.89. The van der Waals surface area contributed by atoms with Crippen LogP contribution in [-0.4, -0.2) is 32.5 Å². The highest BCUT2D eigenvalue weighted by molar-refractivity contribution is 7.89. The van der Waals surface area contributed by atoms with Gasteiger partial charge in [0.2, 0.25) is 10.0 Å². The molecule has 0 atom stereocenters. The predicted octanol–water partition coefficient (Wildman–Crippen LogP) is 1.89. The molecule has 1 rings (SSSR count). The van der Waals surface area contributed by atoms with Crippen molar-refractivity contribution in [2.24, 2.45) is 5.73 Å². The maximum Gasteiger partial charge on any atom is 0.402 e. The van der Waals surface area contributed by atoms with Crippen LogP contribution in [0.5, 0.6) is 0 Å². The van der Waals surface area contributed by atoms with Crippen LogP contribution in [0.1, 0.15) is 18.1 Å². The van der Waals surface area contributed by atoms with E-state index >= 15 is 0 Å². The maximum absolute atomic E-state index is 12.3. The molecule has 0 fully saturated rings. The molecule has 1 aromatic rings. The first-order valence-electron chi connectivity index (χ1n) is 5.96. The number of nitrogens with zero attached hydrogens (tertiary/aromatic N) is 1. The summed E-state index contributed by atoms with van der Waals surface area (Å²) in [6.07, 6.45) is -3.91. The van der Waals surface area contributed by atoms with Gasteiger partial charge in [-0.3, -0.25) is 0 Å². The zero-order valence-corrected chi connectivity index (χ0v) is 12.1. The Kier molecular flexibility index (Phi) is 5.17. The van der Waals surface area contributed by atoms with E-state index in [0.717, 1.165) is 12.6 Å². The second-order valence-electron chi connectivity index (χ2n) is 4.36. The molecule has 0 amide bonds. The summed E-state index contributed by atoms with van der Waals surface area (Å²) < 4.78 is 61.3. The van der Waals surface area contributed by atoms with Gasteiger partial charge in [0.05, 0.1) is 4.90 Å². The Morgan fingerprint density at radius 2 is 1.85 bits per heavy atom. The summed E-state index contributed by atoms with van der Waals surface area (Å²) in [5.41, 5.74) is 7.03. The van der Waals surface area contributed by atoms with Crippen LogP contribution in [0.3, 0.4) is 0 Å². The van der Waals surface area contributed by atoms with Gasteiger partial charge in [0.1, 0.15) is 6.54 Å². The van der Waals surface area contributed by atoms with Crippen molar-refractivity contribution in [1.29, 1.82) is 0 Å². The first-order chi connectivity index (χ1) is 9.11. The standard InChI is InChI=1S/C12H17F3N2O2S/c1-3-9-4-5-11(6-10(9)7-16)20(18,19)17(2)8-12(13,14)15/h4-6H,3,7-8,16H2,1-2H3. The van der Waals surface area contributed by atoms with Gasteiger partial charge in [-0.1, -0.05) is 13.0 Å². The van der Waals surface area contributed by atoms with Crippen molar-refractivity contribution in [3.63, 3.8) is 0 Å². The molecule has 0 aliphatic rings. The highest BCUT2D eigenvalue weighted by Crippen LogP contribution is 2.23. The number of alkyl halides is 3. The fraction of sp³-hybridized carbons (Fsp3) is 0.500. The molecule has 1 aromatic carbocycles. The van der Waals surface area contributed by atoms with E-state index in [4.69, 9.17) is 5.73 Å². The molecule has 0 saturated heterocycles. The second kappa shape index (κ2) is 6.11. The molecular formula is C12H17F3N2O2S. The molecule has 8 heteroatoms. The Hall–Kier alpha value is -1.12. The number of hydrogen-bond acceptors (Lipinski definition) is 3. The SMILES string of the molecule is CCc1ccc(S(=O)(=O)N(C)CC(F)(F)F)cc1CN. The monoisotopic (exact) mass is 310 g/mol. The summed E-state index contributed by atoms with van der Waals surface area (Å²) in [7, 11) is -3.27. The zero-order chi connectivity index (χ0) is 15.6. The smallest absolute Gasteiger partial charge is 0.326 e. The lowest BCUT2D eigenvalue weighted by molar-refractivity contribution is -0.134. The minimum atomic E-state index is -4.58. The highest BCUT2D eigenvalue weighted by Gasteiger charge is 2.34. The van der Waals surface area contributed by atoms with Crippen LogP contribution in [-0.2, 0) is 23.0 Å². The molecule has 0 aliphatic carbocycles. The maximum atomic E-state index is 12.3. The summed E-state index contributed by atoms with van der Waals surface area (Å²) in [6.45, 7) is 0.497. The van der Waals surface area contributed by atoms with E-state index in [1.807, 2.05) is 6.92 Å². The van der Waals surface area contributed by atoms with Gasteiger partial charge >= 0.3 is 6.18 Å². The number of sulfonamides is 1. The zero-order valence-electron chi connectivity index (χ0n) is 11.2. The lowest BCUT2D eigenvalue weighted by atomic mass is 10.1. The van der Waals surface area contributed by atoms with Crippen molar-refractivity contribution in [3.05, 3.63) is 29.3 Å². The van der Waals surface area contributed by atoms with Crippen molar-refractivity contribution < 1.29 is 21.6 Å². The van der Waals surface area contributed by atoms with Gasteiger partial charge in [0.15, 0.2) is 0 Å². The third-order valence-corrected chi connectivity index (χ3v) is 4.69. The molecular weight excluding hydrogens is 293 g/mol. The Balaban J connectivity index is 3.16. The summed E-state index contributed by atoms with van der Waals surface area (Å²) in [4.78, 5) is -0.179. The number of aryl methyl sites for hydroxylation is 1. The van der Waals surface area contributed by atoms with Crippen LogP contribution >= 0.6 is 0 Å². The fourth-order valence-electron chi connectivity index (χ4n) is 1.82. The van der Waals surface area contributed by atoms with Gasteiger partial charge in [0.25, 0.3) is 0 Å². The van der Waals surface area contributed by atoms with Crippen LogP contribution in [0, 0.1) is 0 Å². The molecule has 2 N–H and O–H groups in total. The minimum absolute atomic E-state index is 0.134. The molecule has 0 bridgehead atoms. The van der Waals surface area contributed by atoms with Crippen LogP contribution in [0.25, 0.3) is 0 Å². The van der Waals surface area contributed by atoms with Crippen LogP contribution in [0.2, 0.25) is 0 Å². The lowest BCUT2D eigenvalue weighted by Crippen LogP contribution is -2.35. The molecule has 0 aliphatic heterocycles. The molecule has 0 aromatic heterocycles. The molecule has 0 spiro atoms. The van der Waals surface area contributed by atoms with Crippen LogP contribution in [0.4, 0.5) is 13.2 Å². The molecule has 114 valence electrons. The molecule has 0 radical (unpaired) electrons. The summed E-state index contributed by atoms with van der Waals surface area (Å²) in [5, 5.41) is 0. The number of rotatable bonds is 5. The number of benzene rings is 1. The van der Waals surface area contributed by atoms with Gasteiger partial charge in [-0.2, -0.15) is 17.5 Å². The second-order valence-corrected chi connectivity index (χ2v) is 6.41.